The number of anilines is 2. The Hall–Kier alpha value is -1.48. The van der Waals surface area contributed by atoms with Crippen molar-refractivity contribution >= 4 is 61.0 Å². The number of rotatable bonds is 3. The Bertz CT molecular complexity index is 913. The van der Waals surface area contributed by atoms with Crippen molar-refractivity contribution in [3.63, 3.8) is 0 Å². The minimum absolute atomic E-state index is 0.0672. The molecule has 0 spiro atoms. The number of benzene rings is 1. The van der Waals surface area contributed by atoms with E-state index in [0.29, 0.717) is 15.0 Å². The molecule has 21 heavy (non-hydrogen) atoms. The number of aromatic nitrogens is 2. The third-order valence-corrected chi connectivity index (χ3v) is 5.23. The number of nitrogen functional groups attached to an aromatic ring is 1. The molecule has 3 aromatic rings. The van der Waals surface area contributed by atoms with Crippen LogP contribution in [0.3, 0.4) is 0 Å². The zero-order chi connectivity index (χ0) is 15.2. The molecule has 0 unspecified atom stereocenters. The molecule has 6 nitrogen and oxygen atoms in total. The van der Waals surface area contributed by atoms with Crippen LogP contribution in [-0.4, -0.2) is 17.8 Å². The number of imidazole rings is 1. The second-order valence-corrected chi connectivity index (χ2v) is 7.46. The number of nitrogens with one attached hydrogen (secondary N) is 1. The molecule has 110 valence electrons. The molecule has 1 aromatic carbocycles. The molecule has 2 aromatic heterocycles. The Morgan fingerprint density at radius 2 is 1.90 bits per heavy atom. The van der Waals surface area contributed by atoms with Crippen LogP contribution in [0.4, 0.5) is 11.5 Å². The van der Waals surface area contributed by atoms with Crippen LogP contribution in [0.2, 0.25) is 10.0 Å². The number of halogens is 2. The van der Waals surface area contributed by atoms with Crippen LogP contribution >= 0.6 is 34.5 Å². The van der Waals surface area contributed by atoms with E-state index >= 15 is 0 Å². The van der Waals surface area contributed by atoms with E-state index in [9.17, 15) is 8.42 Å². The SMILES string of the molecule is Nc1nc2sccn2c1S(=O)(=O)Nc1cc(Cl)cc(Cl)c1. The smallest absolute Gasteiger partial charge is 0.281 e. The Kier molecular flexibility index (Phi) is 3.48. The lowest BCUT2D eigenvalue weighted by Gasteiger charge is -2.08. The van der Waals surface area contributed by atoms with Crippen LogP contribution in [0.1, 0.15) is 0 Å². The predicted octanol–water partition coefficient (Wildman–Crippen LogP) is 3.09. The van der Waals surface area contributed by atoms with Crippen molar-refractivity contribution in [3.8, 4) is 0 Å². The van der Waals surface area contributed by atoms with Gasteiger partial charge in [0.1, 0.15) is 0 Å². The van der Waals surface area contributed by atoms with Crippen LogP contribution in [0, 0.1) is 0 Å². The van der Waals surface area contributed by atoms with E-state index in [1.165, 1.54) is 33.9 Å². The van der Waals surface area contributed by atoms with Gasteiger partial charge in [-0.15, -0.1) is 11.3 Å². The summed E-state index contributed by atoms with van der Waals surface area (Å²) >= 11 is 13.0. The van der Waals surface area contributed by atoms with E-state index in [0.717, 1.165) is 0 Å². The van der Waals surface area contributed by atoms with Crippen molar-refractivity contribution in [1.29, 1.82) is 0 Å². The fraction of sp³-hybridized carbons (Fsp3) is 0. The highest BCUT2D eigenvalue weighted by molar-refractivity contribution is 7.92. The highest BCUT2D eigenvalue weighted by atomic mass is 35.5. The van der Waals surface area contributed by atoms with Crippen LogP contribution in [0.5, 0.6) is 0 Å². The summed E-state index contributed by atoms with van der Waals surface area (Å²) in [7, 11) is -3.92. The maximum atomic E-state index is 12.5. The number of thiazole rings is 1. The van der Waals surface area contributed by atoms with Gasteiger partial charge in [-0.1, -0.05) is 23.2 Å². The summed E-state index contributed by atoms with van der Waals surface area (Å²) in [6.07, 6.45) is 1.59. The first-order chi connectivity index (χ1) is 9.87. The van der Waals surface area contributed by atoms with Crippen molar-refractivity contribution in [1.82, 2.24) is 9.38 Å². The summed E-state index contributed by atoms with van der Waals surface area (Å²) in [4.78, 5) is 4.50. The maximum absolute atomic E-state index is 12.5. The highest BCUT2D eigenvalue weighted by Gasteiger charge is 2.24. The quantitative estimate of drug-likeness (QED) is 0.748. The molecule has 0 radical (unpaired) electrons. The summed E-state index contributed by atoms with van der Waals surface area (Å²) in [5.41, 5.74) is 5.95. The van der Waals surface area contributed by atoms with Gasteiger partial charge in [0.15, 0.2) is 10.8 Å². The average molecular weight is 363 g/mol. The first kappa shape index (κ1) is 14.5. The molecular weight excluding hydrogens is 355 g/mol. The van der Waals surface area contributed by atoms with Gasteiger partial charge in [0.25, 0.3) is 10.0 Å². The van der Waals surface area contributed by atoms with E-state index in [4.69, 9.17) is 28.9 Å². The van der Waals surface area contributed by atoms with Gasteiger partial charge in [0, 0.05) is 21.6 Å². The Labute approximate surface area is 134 Å². The van der Waals surface area contributed by atoms with Gasteiger partial charge in [-0.05, 0) is 18.2 Å². The van der Waals surface area contributed by atoms with Gasteiger partial charge >= 0.3 is 0 Å². The Morgan fingerprint density at radius 1 is 1.24 bits per heavy atom. The monoisotopic (exact) mass is 362 g/mol. The largest absolute Gasteiger partial charge is 0.381 e. The third kappa shape index (κ3) is 2.67. The fourth-order valence-corrected chi connectivity index (χ4v) is 4.42. The summed E-state index contributed by atoms with van der Waals surface area (Å²) < 4.78 is 28.8. The van der Waals surface area contributed by atoms with E-state index in [1.54, 1.807) is 11.6 Å². The molecule has 0 atom stereocenters. The number of nitrogens with two attached hydrogens (primary N) is 1. The van der Waals surface area contributed by atoms with Crippen molar-refractivity contribution in [2.24, 2.45) is 0 Å². The molecule has 0 saturated heterocycles. The van der Waals surface area contributed by atoms with E-state index in [2.05, 4.69) is 9.71 Å². The van der Waals surface area contributed by atoms with Gasteiger partial charge < -0.3 is 5.73 Å². The molecule has 10 heteroatoms. The first-order valence-corrected chi connectivity index (χ1v) is 8.68. The van der Waals surface area contributed by atoms with Crippen LogP contribution in [0.15, 0.2) is 34.8 Å². The molecule has 0 fully saturated rings. The van der Waals surface area contributed by atoms with Crippen molar-refractivity contribution in [3.05, 3.63) is 39.8 Å². The molecule has 3 rings (SSSR count). The molecule has 0 aliphatic heterocycles. The molecule has 3 N–H and O–H groups in total. The summed E-state index contributed by atoms with van der Waals surface area (Å²) in [5, 5.41) is 2.25. The highest BCUT2D eigenvalue weighted by Crippen LogP contribution is 2.28. The number of fused-ring (bicyclic) bond motifs is 1. The zero-order valence-electron chi connectivity index (χ0n) is 10.2. The van der Waals surface area contributed by atoms with Crippen LogP contribution in [-0.2, 0) is 10.0 Å². The first-order valence-electron chi connectivity index (χ1n) is 5.57. The lowest BCUT2D eigenvalue weighted by Crippen LogP contribution is -2.16. The standard InChI is InChI=1S/C11H8Cl2N4O2S2/c12-6-3-7(13)5-8(4-6)16-21(18,19)10-9(14)15-11-17(10)1-2-20-11/h1-5,16H,14H2. The molecule has 0 bridgehead atoms. The lowest BCUT2D eigenvalue weighted by atomic mass is 10.3. The number of hydrogen-bond acceptors (Lipinski definition) is 5. The van der Waals surface area contributed by atoms with Gasteiger partial charge in [0.05, 0.1) is 5.69 Å². The average Bonchev–Trinajstić information content (AvgIpc) is 2.85. The lowest BCUT2D eigenvalue weighted by molar-refractivity contribution is 0.597. The van der Waals surface area contributed by atoms with Gasteiger partial charge in [-0.3, -0.25) is 9.12 Å². The molecular formula is C11H8Cl2N4O2S2. The normalized spacial score (nSPS) is 11.9. The summed E-state index contributed by atoms with van der Waals surface area (Å²) in [6, 6.07) is 4.41. The molecule has 0 aliphatic carbocycles. The fourth-order valence-electron chi connectivity index (χ4n) is 1.87. The van der Waals surface area contributed by atoms with Crippen LogP contribution < -0.4 is 10.5 Å². The second kappa shape index (κ2) is 5.06. The number of nitrogens with zero attached hydrogens (tertiary/aromatic N) is 2. The summed E-state index contributed by atoms with van der Waals surface area (Å²) in [6.45, 7) is 0. The molecule has 2 heterocycles. The summed E-state index contributed by atoms with van der Waals surface area (Å²) in [5.74, 6) is -0.0672. The Balaban J connectivity index is 2.08. The number of hydrogen-bond donors (Lipinski definition) is 2. The molecule has 0 amide bonds. The maximum Gasteiger partial charge on any atom is 0.281 e. The predicted molar refractivity (Wildman–Crippen MR) is 84.8 cm³/mol. The Morgan fingerprint density at radius 3 is 2.57 bits per heavy atom. The topological polar surface area (TPSA) is 89.5 Å². The van der Waals surface area contributed by atoms with Crippen LogP contribution in [0.25, 0.3) is 4.96 Å². The minimum atomic E-state index is -3.92. The minimum Gasteiger partial charge on any atom is -0.381 e. The van der Waals surface area contributed by atoms with Crippen molar-refractivity contribution in [2.75, 3.05) is 10.5 Å². The van der Waals surface area contributed by atoms with E-state index in [-0.39, 0.29) is 16.5 Å². The van der Waals surface area contributed by atoms with Gasteiger partial charge in [-0.25, -0.2) is 4.98 Å². The molecule has 0 aliphatic rings. The third-order valence-electron chi connectivity index (χ3n) is 2.61. The van der Waals surface area contributed by atoms with E-state index in [1.807, 2.05) is 0 Å². The van der Waals surface area contributed by atoms with Gasteiger partial charge in [0.2, 0.25) is 5.03 Å². The zero-order valence-corrected chi connectivity index (χ0v) is 13.4. The second-order valence-electron chi connectivity index (χ2n) is 4.12. The van der Waals surface area contributed by atoms with Crippen molar-refractivity contribution in [2.45, 2.75) is 5.03 Å². The van der Waals surface area contributed by atoms with E-state index < -0.39 is 10.0 Å². The number of sulfonamides is 1. The van der Waals surface area contributed by atoms with Gasteiger partial charge in [-0.2, -0.15) is 8.42 Å². The molecule has 0 saturated carbocycles. The van der Waals surface area contributed by atoms with Crippen molar-refractivity contribution < 1.29 is 8.42 Å².